The first-order valence-corrected chi connectivity index (χ1v) is 13.0. The number of thiocarbonyl (C=S) groups is 1. The maximum absolute atomic E-state index is 13.6. The second kappa shape index (κ2) is 11.5. The summed E-state index contributed by atoms with van der Waals surface area (Å²) in [6.07, 6.45) is 0.729. The van der Waals surface area contributed by atoms with Crippen LogP contribution in [0.1, 0.15) is 23.8 Å². The van der Waals surface area contributed by atoms with Crippen LogP contribution < -0.4 is 19.7 Å². The monoisotopic (exact) mass is 523 g/mol. The lowest BCUT2D eigenvalue weighted by molar-refractivity contribution is -0.124. The van der Waals surface area contributed by atoms with Gasteiger partial charge in [-0.05, 0) is 98.0 Å². The van der Waals surface area contributed by atoms with Crippen LogP contribution in [0, 0.1) is 6.92 Å². The summed E-state index contributed by atoms with van der Waals surface area (Å²) in [5.74, 6) is 0.953. The van der Waals surface area contributed by atoms with Crippen LogP contribution in [0.5, 0.6) is 11.5 Å². The SMILES string of the molecule is CCOc1ccc(N2C(=O)[C@@H](CC(=O)Nc3ccc(OC)cc3)N(CCc3sccc3C)C2=S)cc1. The van der Waals surface area contributed by atoms with E-state index in [9.17, 15) is 9.59 Å². The third kappa shape index (κ3) is 5.68. The molecule has 1 N–H and O–H groups in total. The number of nitrogens with one attached hydrogen (secondary N) is 1. The average molecular weight is 524 g/mol. The van der Waals surface area contributed by atoms with Crippen LogP contribution in [0.25, 0.3) is 0 Å². The predicted molar refractivity (Wildman–Crippen MR) is 147 cm³/mol. The first-order valence-electron chi connectivity index (χ1n) is 11.8. The van der Waals surface area contributed by atoms with Crippen molar-refractivity contribution < 1.29 is 19.1 Å². The first kappa shape index (κ1) is 25.7. The van der Waals surface area contributed by atoms with Crippen molar-refractivity contribution in [1.82, 2.24) is 4.90 Å². The Hall–Kier alpha value is -3.43. The molecule has 188 valence electrons. The number of anilines is 2. The van der Waals surface area contributed by atoms with E-state index in [0.29, 0.717) is 35.4 Å². The molecule has 1 atom stereocenters. The fraction of sp³-hybridized carbons (Fsp3) is 0.296. The molecule has 4 rings (SSSR count). The van der Waals surface area contributed by atoms with E-state index < -0.39 is 6.04 Å². The Morgan fingerprint density at radius 1 is 1.08 bits per heavy atom. The summed E-state index contributed by atoms with van der Waals surface area (Å²) in [6, 6.07) is 15.7. The summed E-state index contributed by atoms with van der Waals surface area (Å²) < 4.78 is 10.7. The molecule has 0 unspecified atom stereocenters. The van der Waals surface area contributed by atoms with E-state index >= 15 is 0 Å². The Morgan fingerprint density at radius 2 is 1.78 bits per heavy atom. The minimum Gasteiger partial charge on any atom is -0.497 e. The van der Waals surface area contributed by atoms with Gasteiger partial charge >= 0.3 is 0 Å². The fourth-order valence-electron chi connectivity index (χ4n) is 4.13. The number of hydrogen-bond donors (Lipinski definition) is 1. The van der Waals surface area contributed by atoms with Gasteiger partial charge in [-0.1, -0.05) is 0 Å². The van der Waals surface area contributed by atoms with Crippen molar-refractivity contribution in [3.63, 3.8) is 0 Å². The third-order valence-electron chi connectivity index (χ3n) is 6.03. The summed E-state index contributed by atoms with van der Waals surface area (Å²) >= 11 is 7.46. The number of carbonyl (C=O) groups is 2. The highest BCUT2D eigenvalue weighted by atomic mass is 32.1. The van der Waals surface area contributed by atoms with Crippen LogP contribution in [-0.2, 0) is 16.0 Å². The van der Waals surface area contributed by atoms with E-state index in [4.69, 9.17) is 21.7 Å². The molecule has 0 spiro atoms. The van der Waals surface area contributed by atoms with Gasteiger partial charge in [-0.15, -0.1) is 11.3 Å². The molecule has 1 aromatic heterocycles. The largest absolute Gasteiger partial charge is 0.497 e. The molecule has 7 nitrogen and oxygen atoms in total. The molecule has 1 saturated heterocycles. The van der Waals surface area contributed by atoms with E-state index in [1.165, 1.54) is 15.3 Å². The smallest absolute Gasteiger partial charge is 0.256 e. The van der Waals surface area contributed by atoms with Gasteiger partial charge in [0, 0.05) is 17.1 Å². The van der Waals surface area contributed by atoms with Gasteiger partial charge in [0.1, 0.15) is 17.5 Å². The van der Waals surface area contributed by atoms with Crippen molar-refractivity contribution in [2.24, 2.45) is 0 Å². The Balaban J connectivity index is 1.54. The van der Waals surface area contributed by atoms with Crippen LogP contribution in [0.3, 0.4) is 0 Å². The van der Waals surface area contributed by atoms with Crippen LogP contribution in [-0.4, -0.2) is 48.1 Å². The lowest BCUT2D eigenvalue weighted by atomic mass is 10.1. The molecular formula is C27H29N3O4S2. The number of rotatable bonds is 10. The van der Waals surface area contributed by atoms with Gasteiger partial charge in [0.2, 0.25) is 5.91 Å². The zero-order chi connectivity index (χ0) is 25.7. The molecule has 36 heavy (non-hydrogen) atoms. The quantitative estimate of drug-likeness (QED) is 0.376. The van der Waals surface area contributed by atoms with Gasteiger partial charge < -0.3 is 19.7 Å². The molecule has 2 amide bonds. The standard InChI is InChI=1S/C27H29N3O4S2/c1-4-34-22-11-7-20(8-12-22)30-26(32)23(17-25(31)28-19-5-9-21(33-3)10-6-19)29(27(30)35)15-13-24-18(2)14-16-36-24/h5-12,14,16,23H,4,13,15,17H2,1-3H3,(H,28,31)/t23-/m1/s1. The molecule has 1 aliphatic rings. The molecule has 0 aliphatic carbocycles. The van der Waals surface area contributed by atoms with Crippen LogP contribution in [0.2, 0.25) is 0 Å². The van der Waals surface area contributed by atoms with Gasteiger partial charge in [0.05, 0.1) is 25.8 Å². The summed E-state index contributed by atoms with van der Waals surface area (Å²) in [4.78, 5) is 31.2. The Morgan fingerprint density at radius 3 is 2.39 bits per heavy atom. The molecule has 0 bridgehead atoms. The van der Waals surface area contributed by atoms with Crippen molar-refractivity contribution in [2.45, 2.75) is 32.7 Å². The predicted octanol–water partition coefficient (Wildman–Crippen LogP) is 5.04. The molecule has 1 fully saturated rings. The number of aryl methyl sites for hydroxylation is 1. The van der Waals surface area contributed by atoms with Crippen LogP contribution in [0.4, 0.5) is 11.4 Å². The normalized spacial score (nSPS) is 15.4. The van der Waals surface area contributed by atoms with Crippen molar-refractivity contribution in [1.29, 1.82) is 0 Å². The Labute approximate surface area is 220 Å². The van der Waals surface area contributed by atoms with E-state index in [0.717, 1.165) is 12.2 Å². The number of carbonyl (C=O) groups excluding carboxylic acids is 2. The van der Waals surface area contributed by atoms with E-state index in [-0.39, 0.29) is 18.2 Å². The molecule has 0 radical (unpaired) electrons. The third-order valence-corrected chi connectivity index (χ3v) is 7.52. The highest BCUT2D eigenvalue weighted by molar-refractivity contribution is 7.80. The number of methoxy groups -OCH3 is 1. The maximum Gasteiger partial charge on any atom is 0.256 e. The van der Waals surface area contributed by atoms with Crippen LogP contribution in [0.15, 0.2) is 60.0 Å². The number of ether oxygens (including phenoxy) is 2. The van der Waals surface area contributed by atoms with E-state index in [1.807, 2.05) is 36.1 Å². The van der Waals surface area contributed by atoms with Crippen molar-refractivity contribution >= 4 is 51.9 Å². The van der Waals surface area contributed by atoms with E-state index in [1.54, 1.807) is 42.7 Å². The number of amides is 2. The Kier molecular flexibility index (Phi) is 8.22. The summed E-state index contributed by atoms with van der Waals surface area (Å²) in [7, 11) is 1.59. The molecule has 0 saturated carbocycles. The first-order chi connectivity index (χ1) is 17.4. The number of benzene rings is 2. The van der Waals surface area contributed by atoms with Gasteiger partial charge in [-0.2, -0.15) is 0 Å². The Bertz CT molecular complexity index is 1220. The van der Waals surface area contributed by atoms with E-state index in [2.05, 4.69) is 23.7 Å². The van der Waals surface area contributed by atoms with Crippen molar-refractivity contribution in [2.75, 3.05) is 30.5 Å². The minimum absolute atomic E-state index is 0.0119. The van der Waals surface area contributed by atoms with Gasteiger partial charge in [0.25, 0.3) is 5.91 Å². The number of hydrogen-bond acceptors (Lipinski definition) is 6. The topological polar surface area (TPSA) is 71.1 Å². The highest BCUT2D eigenvalue weighted by Gasteiger charge is 2.44. The zero-order valence-electron chi connectivity index (χ0n) is 20.5. The minimum atomic E-state index is -0.692. The lowest BCUT2D eigenvalue weighted by Crippen LogP contribution is -2.39. The molecule has 2 aromatic carbocycles. The zero-order valence-corrected chi connectivity index (χ0v) is 22.2. The lowest BCUT2D eigenvalue weighted by Gasteiger charge is -2.24. The second-order valence-corrected chi connectivity index (χ2v) is 9.72. The van der Waals surface area contributed by atoms with Crippen molar-refractivity contribution in [3.8, 4) is 11.5 Å². The van der Waals surface area contributed by atoms with Gasteiger partial charge in [0.15, 0.2) is 5.11 Å². The molecular weight excluding hydrogens is 494 g/mol. The van der Waals surface area contributed by atoms with Gasteiger partial charge in [-0.3, -0.25) is 14.5 Å². The molecule has 2 heterocycles. The fourth-order valence-corrected chi connectivity index (χ4v) is 5.44. The average Bonchev–Trinajstić information content (AvgIpc) is 3.38. The highest BCUT2D eigenvalue weighted by Crippen LogP contribution is 2.30. The summed E-state index contributed by atoms with van der Waals surface area (Å²) in [5, 5.41) is 5.34. The van der Waals surface area contributed by atoms with Gasteiger partial charge in [-0.25, -0.2) is 0 Å². The van der Waals surface area contributed by atoms with Crippen molar-refractivity contribution in [3.05, 3.63) is 70.4 Å². The molecule has 1 aliphatic heterocycles. The summed E-state index contributed by atoms with van der Waals surface area (Å²) in [6.45, 7) is 5.09. The van der Waals surface area contributed by atoms with Crippen LogP contribution >= 0.6 is 23.6 Å². The number of nitrogens with zero attached hydrogens (tertiary/aromatic N) is 2. The summed E-state index contributed by atoms with van der Waals surface area (Å²) in [5.41, 5.74) is 2.51. The molecule has 9 heteroatoms. The number of thiophene rings is 1. The maximum atomic E-state index is 13.6. The second-order valence-electron chi connectivity index (χ2n) is 8.35. The molecule has 3 aromatic rings.